The fourth-order valence-corrected chi connectivity index (χ4v) is 2.81. The van der Waals surface area contributed by atoms with E-state index in [1.54, 1.807) is 16.8 Å². The first kappa shape index (κ1) is 18.9. The van der Waals surface area contributed by atoms with Crippen LogP contribution in [-0.4, -0.2) is 54.5 Å². The first-order valence-corrected chi connectivity index (χ1v) is 8.36. The predicted molar refractivity (Wildman–Crippen MR) is 96.3 cm³/mol. The standard InChI is InChI=1S/C18H26N4O3/c1-18(2,3)20-17(25)19-15(23)12-21(4)14-10-11-22(16(14)24)13-8-6-5-7-9-13/h5-9,14H,10-12H2,1-4H3,(H2,19,20,23,25)/t14-/m0/s1. The molecule has 1 aliphatic heterocycles. The van der Waals surface area contributed by atoms with Crippen LogP contribution in [-0.2, 0) is 9.59 Å². The summed E-state index contributed by atoms with van der Waals surface area (Å²) in [6, 6.07) is 8.57. The number of urea groups is 1. The Morgan fingerprint density at radius 2 is 1.88 bits per heavy atom. The molecule has 7 nitrogen and oxygen atoms in total. The van der Waals surface area contributed by atoms with Crippen molar-refractivity contribution in [3.8, 4) is 0 Å². The lowest BCUT2D eigenvalue weighted by atomic mass is 10.1. The largest absolute Gasteiger partial charge is 0.333 e. The number of hydrogen-bond acceptors (Lipinski definition) is 4. The van der Waals surface area contributed by atoms with E-state index < -0.39 is 17.5 Å². The van der Waals surface area contributed by atoms with E-state index in [0.717, 1.165) is 5.69 Å². The highest BCUT2D eigenvalue weighted by molar-refractivity contribution is 6.00. The summed E-state index contributed by atoms with van der Waals surface area (Å²) in [7, 11) is 1.72. The van der Waals surface area contributed by atoms with Crippen molar-refractivity contribution in [1.82, 2.24) is 15.5 Å². The monoisotopic (exact) mass is 346 g/mol. The van der Waals surface area contributed by atoms with Crippen molar-refractivity contribution in [3.63, 3.8) is 0 Å². The molecule has 1 saturated heterocycles. The number of hydrogen-bond donors (Lipinski definition) is 2. The average Bonchev–Trinajstić information content (AvgIpc) is 2.87. The van der Waals surface area contributed by atoms with Crippen molar-refractivity contribution in [2.24, 2.45) is 0 Å². The highest BCUT2D eigenvalue weighted by atomic mass is 16.2. The van der Waals surface area contributed by atoms with Crippen LogP contribution in [0.5, 0.6) is 0 Å². The lowest BCUT2D eigenvalue weighted by Crippen LogP contribution is -2.51. The fraction of sp³-hybridized carbons (Fsp3) is 0.500. The average molecular weight is 346 g/mol. The first-order chi connectivity index (χ1) is 11.7. The minimum Gasteiger partial charge on any atom is -0.333 e. The molecule has 1 heterocycles. The van der Waals surface area contributed by atoms with Gasteiger partial charge in [0.2, 0.25) is 11.8 Å². The third-order valence-electron chi connectivity index (χ3n) is 3.91. The molecule has 1 fully saturated rings. The molecule has 0 radical (unpaired) electrons. The zero-order valence-corrected chi connectivity index (χ0v) is 15.2. The van der Waals surface area contributed by atoms with Gasteiger partial charge in [0.1, 0.15) is 0 Å². The van der Waals surface area contributed by atoms with E-state index in [1.165, 1.54) is 0 Å². The summed E-state index contributed by atoms with van der Waals surface area (Å²) in [6.45, 7) is 6.09. The first-order valence-electron chi connectivity index (χ1n) is 8.36. The lowest BCUT2D eigenvalue weighted by Gasteiger charge is -2.24. The molecular weight excluding hydrogens is 320 g/mol. The molecule has 0 aromatic heterocycles. The van der Waals surface area contributed by atoms with Crippen LogP contribution >= 0.6 is 0 Å². The summed E-state index contributed by atoms with van der Waals surface area (Å²) in [5, 5.41) is 4.96. The SMILES string of the molecule is CN(CC(=O)NC(=O)NC(C)(C)C)[C@H]1CCN(c2ccccc2)C1=O. The number of para-hydroxylation sites is 1. The molecule has 0 saturated carbocycles. The second kappa shape index (κ2) is 7.65. The van der Waals surface area contributed by atoms with Gasteiger partial charge in [-0.05, 0) is 46.4 Å². The van der Waals surface area contributed by atoms with Gasteiger partial charge >= 0.3 is 6.03 Å². The number of benzene rings is 1. The van der Waals surface area contributed by atoms with E-state index in [2.05, 4.69) is 10.6 Å². The van der Waals surface area contributed by atoms with Crippen LogP contribution in [0.2, 0.25) is 0 Å². The molecule has 0 unspecified atom stereocenters. The van der Waals surface area contributed by atoms with E-state index in [-0.39, 0.29) is 18.5 Å². The van der Waals surface area contributed by atoms with Crippen LogP contribution < -0.4 is 15.5 Å². The van der Waals surface area contributed by atoms with E-state index in [4.69, 9.17) is 0 Å². The topological polar surface area (TPSA) is 81.8 Å². The van der Waals surface area contributed by atoms with Gasteiger partial charge < -0.3 is 10.2 Å². The maximum absolute atomic E-state index is 12.6. The number of nitrogens with one attached hydrogen (secondary N) is 2. The number of carbonyl (C=O) groups is 3. The number of likely N-dealkylation sites (N-methyl/N-ethyl adjacent to an activating group) is 1. The van der Waals surface area contributed by atoms with Crippen LogP contribution in [0, 0.1) is 0 Å². The summed E-state index contributed by atoms with van der Waals surface area (Å²) < 4.78 is 0. The maximum Gasteiger partial charge on any atom is 0.321 e. The second-order valence-corrected chi connectivity index (χ2v) is 7.30. The van der Waals surface area contributed by atoms with E-state index in [9.17, 15) is 14.4 Å². The predicted octanol–water partition coefficient (Wildman–Crippen LogP) is 1.35. The molecule has 1 aliphatic rings. The van der Waals surface area contributed by atoms with Gasteiger partial charge in [0, 0.05) is 17.8 Å². The third-order valence-corrected chi connectivity index (χ3v) is 3.91. The minimum absolute atomic E-state index is 0.0173. The van der Waals surface area contributed by atoms with Crippen LogP contribution in [0.1, 0.15) is 27.2 Å². The number of rotatable bonds is 4. The van der Waals surface area contributed by atoms with Gasteiger partial charge in [0.25, 0.3) is 0 Å². The molecular formula is C18H26N4O3. The second-order valence-electron chi connectivity index (χ2n) is 7.30. The van der Waals surface area contributed by atoms with Crippen LogP contribution in [0.4, 0.5) is 10.5 Å². The third kappa shape index (κ3) is 5.29. The fourth-order valence-electron chi connectivity index (χ4n) is 2.81. The summed E-state index contributed by atoms with van der Waals surface area (Å²) in [5.74, 6) is -0.462. The van der Waals surface area contributed by atoms with Crippen LogP contribution in [0.3, 0.4) is 0 Å². The Hall–Kier alpha value is -2.41. The zero-order valence-electron chi connectivity index (χ0n) is 15.2. The molecule has 1 atom stereocenters. The van der Waals surface area contributed by atoms with Crippen molar-refractivity contribution in [3.05, 3.63) is 30.3 Å². The Balaban J connectivity index is 1.89. The van der Waals surface area contributed by atoms with E-state index in [1.807, 2.05) is 51.1 Å². The van der Waals surface area contributed by atoms with Gasteiger partial charge in [-0.1, -0.05) is 18.2 Å². The molecule has 1 aromatic carbocycles. The lowest BCUT2D eigenvalue weighted by molar-refractivity contribution is -0.124. The summed E-state index contributed by atoms with van der Waals surface area (Å²) in [6.07, 6.45) is 0.645. The number of nitrogens with zero attached hydrogens (tertiary/aromatic N) is 2. The van der Waals surface area contributed by atoms with Gasteiger partial charge in [-0.2, -0.15) is 0 Å². The summed E-state index contributed by atoms with van der Waals surface area (Å²) >= 11 is 0. The molecule has 1 aromatic rings. The van der Waals surface area contributed by atoms with Crippen molar-refractivity contribution in [2.45, 2.75) is 38.8 Å². The minimum atomic E-state index is -0.533. The molecule has 2 N–H and O–H groups in total. The van der Waals surface area contributed by atoms with E-state index >= 15 is 0 Å². The van der Waals surface area contributed by atoms with Crippen molar-refractivity contribution < 1.29 is 14.4 Å². The molecule has 2 rings (SSSR count). The molecule has 25 heavy (non-hydrogen) atoms. The summed E-state index contributed by atoms with van der Waals surface area (Å²) in [4.78, 5) is 39.8. The molecule has 4 amide bonds. The number of amides is 4. The molecule has 7 heteroatoms. The quantitative estimate of drug-likeness (QED) is 0.862. The van der Waals surface area contributed by atoms with Gasteiger partial charge in [0.05, 0.1) is 12.6 Å². The molecule has 0 bridgehead atoms. The van der Waals surface area contributed by atoms with Gasteiger partial charge in [-0.25, -0.2) is 4.79 Å². The smallest absolute Gasteiger partial charge is 0.321 e. The van der Waals surface area contributed by atoms with Gasteiger partial charge in [0.15, 0.2) is 0 Å². The number of anilines is 1. The van der Waals surface area contributed by atoms with Crippen molar-refractivity contribution in [2.75, 3.05) is 25.0 Å². The summed E-state index contributed by atoms with van der Waals surface area (Å²) in [5.41, 5.74) is 0.436. The van der Waals surface area contributed by atoms with Crippen LogP contribution in [0.15, 0.2) is 30.3 Å². The number of imide groups is 1. The normalized spacial score (nSPS) is 17.7. The highest BCUT2D eigenvalue weighted by Gasteiger charge is 2.35. The Morgan fingerprint density at radius 1 is 1.24 bits per heavy atom. The van der Waals surface area contributed by atoms with Crippen molar-refractivity contribution >= 4 is 23.5 Å². The zero-order chi connectivity index (χ0) is 18.6. The Bertz CT molecular complexity index is 639. The Morgan fingerprint density at radius 3 is 2.48 bits per heavy atom. The molecule has 0 aliphatic carbocycles. The van der Waals surface area contributed by atoms with E-state index in [0.29, 0.717) is 13.0 Å². The molecule has 0 spiro atoms. The highest BCUT2D eigenvalue weighted by Crippen LogP contribution is 2.23. The van der Waals surface area contributed by atoms with Crippen LogP contribution in [0.25, 0.3) is 0 Å². The van der Waals surface area contributed by atoms with Gasteiger partial charge in [-0.3, -0.25) is 19.8 Å². The Labute approximate surface area is 148 Å². The number of carbonyl (C=O) groups excluding carboxylic acids is 3. The van der Waals surface area contributed by atoms with Gasteiger partial charge in [-0.15, -0.1) is 0 Å². The maximum atomic E-state index is 12.6. The van der Waals surface area contributed by atoms with Crippen molar-refractivity contribution in [1.29, 1.82) is 0 Å². The molecule has 136 valence electrons. The Kier molecular flexibility index (Phi) is 5.79.